The predicted molar refractivity (Wildman–Crippen MR) is 35.6 cm³/mol. The monoisotopic (exact) mass is 166 g/mol. The molecule has 0 bridgehead atoms. The van der Waals surface area contributed by atoms with Crippen molar-refractivity contribution in [1.29, 1.82) is 0 Å². The lowest BCUT2D eigenvalue weighted by Gasteiger charge is -2.08. The molecule has 0 aromatic carbocycles. The van der Waals surface area contributed by atoms with Crippen molar-refractivity contribution in [1.82, 2.24) is 5.32 Å². The van der Waals surface area contributed by atoms with Gasteiger partial charge in [0.15, 0.2) is 0 Å². The Morgan fingerprint density at radius 2 is 2.18 bits per heavy atom. The highest BCUT2D eigenvalue weighted by Crippen LogP contribution is 2.13. The van der Waals surface area contributed by atoms with Crippen molar-refractivity contribution in [3.8, 4) is 0 Å². The van der Waals surface area contributed by atoms with Crippen molar-refractivity contribution in [3.63, 3.8) is 0 Å². The molecule has 0 fully saturated rings. The van der Waals surface area contributed by atoms with Crippen LogP contribution in [-0.4, -0.2) is 25.1 Å². The fourth-order valence-electron chi connectivity index (χ4n) is 0.886. The molecule has 0 aliphatic carbocycles. The molecule has 0 atom stereocenters. The zero-order chi connectivity index (χ0) is 8.32. The fraction of sp³-hybridized carbons (Fsp3) is 0.833. The maximum Gasteiger partial charge on any atom is 0.405 e. The Labute approximate surface area is 62.5 Å². The smallest absolute Gasteiger partial charge is 0.365 e. The SMILES string of the molecule is FC(F)(F)CNC1=NCCC1. The number of rotatable bonds is 1. The topological polar surface area (TPSA) is 24.4 Å². The molecule has 1 rings (SSSR count). The zero-order valence-electron chi connectivity index (χ0n) is 5.91. The summed E-state index contributed by atoms with van der Waals surface area (Å²) in [6, 6.07) is 0. The average Bonchev–Trinajstić information content (AvgIpc) is 2.32. The molecule has 1 aliphatic rings. The molecule has 0 saturated heterocycles. The summed E-state index contributed by atoms with van der Waals surface area (Å²) in [5.74, 6) is 0.488. The minimum Gasteiger partial charge on any atom is -0.365 e. The van der Waals surface area contributed by atoms with Gasteiger partial charge in [-0.3, -0.25) is 4.99 Å². The van der Waals surface area contributed by atoms with Gasteiger partial charge in [-0.15, -0.1) is 0 Å². The first kappa shape index (κ1) is 8.36. The van der Waals surface area contributed by atoms with Gasteiger partial charge in [0.1, 0.15) is 6.54 Å². The van der Waals surface area contributed by atoms with Crippen molar-refractivity contribution in [3.05, 3.63) is 0 Å². The summed E-state index contributed by atoms with van der Waals surface area (Å²) in [5, 5.41) is 2.25. The van der Waals surface area contributed by atoms with Gasteiger partial charge in [0.25, 0.3) is 0 Å². The second-order valence-corrected chi connectivity index (χ2v) is 2.40. The summed E-state index contributed by atoms with van der Waals surface area (Å²) >= 11 is 0. The Bertz CT molecular complexity index is 162. The minimum atomic E-state index is -4.13. The number of nitrogens with one attached hydrogen (secondary N) is 1. The lowest BCUT2D eigenvalue weighted by Crippen LogP contribution is -2.32. The molecule has 0 amide bonds. The van der Waals surface area contributed by atoms with E-state index in [1.165, 1.54) is 0 Å². The molecule has 0 aromatic rings. The van der Waals surface area contributed by atoms with Crippen LogP contribution in [0.4, 0.5) is 13.2 Å². The van der Waals surface area contributed by atoms with Crippen LogP contribution in [0.15, 0.2) is 4.99 Å². The fourth-order valence-corrected chi connectivity index (χ4v) is 0.886. The van der Waals surface area contributed by atoms with Gasteiger partial charge in [-0.05, 0) is 6.42 Å². The number of nitrogens with zero attached hydrogens (tertiary/aromatic N) is 1. The molecule has 11 heavy (non-hydrogen) atoms. The number of alkyl halides is 3. The van der Waals surface area contributed by atoms with Crippen LogP contribution in [0.2, 0.25) is 0 Å². The van der Waals surface area contributed by atoms with Gasteiger partial charge >= 0.3 is 6.18 Å². The summed E-state index contributed by atoms with van der Waals surface area (Å²) in [6.07, 6.45) is -2.62. The summed E-state index contributed by atoms with van der Waals surface area (Å²) in [5.41, 5.74) is 0. The summed E-state index contributed by atoms with van der Waals surface area (Å²) < 4.78 is 34.8. The lowest BCUT2D eigenvalue weighted by molar-refractivity contribution is -0.122. The Hall–Kier alpha value is -0.740. The molecule has 0 saturated carbocycles. The first-order valence-electron chi connectivity index (χ1n) is 3.42. The van der Waals surface area contributed by atoms with Crippen molar-refractivity contribution < 1.29 is 13.2 Å². The van der Waals surface area contributed by atoms with Crippen molar-refractivity contribution in [2.24, 2.45) is 4.99 Å². The minimum absolute atomic E-state index is 0.488. The third kappa shape index (κ3) is 3.25. The Balaban J connectivity index is 2.22. The zero-order valence-corrected chi connectivity index (χ0v) is 5.91. The second kappa shape index (κ2) is 3.11. The van der Waals surface area contributed by atoms with Crippen LogP contribution < -0.4 is 5.32 Å². The van der Waals surface area contributed by atoms with E-state index < -0.39 is 12.7 Å². The van der Waals surface area contributed by atoms with Gasteiger partial charge in [0, 0.05) is 13.0 Å². The Morgan fingerprint density at radius 3 is 2.64 bits per heavy atom. The average molecular weight is 166 g/mol. The summed E-state index contributed by atoms with van der Waals surface area (Å²) in [6.45, 7) is -0.313. The standard InChI is InChI=1S/C6H9F3N2/c7-6(8,9)4-11-5-2-1-3-10-5/h1-4H2,(H,10,11). The van der Waals surface area contributed by atoms with Crippen LogP contribution in [0.25, 0.3) is 0 Å². The molecule has 0 unspecified atom stereocenters. The number of halogens is 3. The highest BCUT2D eigenvalue weighted by molar-refractivity contribution is 5.83. The third-order valence-corrected chi connectivity index (χ3v) is 1.37. The molecule has 1 aliphatic heterocycles. The number of amidine groups is 1. The van der Waals surface area contributed by atoms with E-state index in [0.29, 0.717) is 18.8 Å². The van der Waals surface area contributed by atoms with E-state index in [1.807, 2.05) is 0 Å². The maximum atomic E-state index is 11.6. The quantitative estimate of drug-likeness (QED) is 0.624. The number of hydrogen-bond acceptors (Lipinski definition) is 2. The van der Waals surface area contributed by atoms with Crippen molar-refractivity contribution in [2.75, 3.05) is 13.1 Å². The van der Waals surface area contributed by atoms with Crippen LogP contribution in [0.1, 0.15) is 12.8 Å². The number of aliphatic imine (C=N–C) groups is 1. The molecule has 0 spiro atoms. The van der Waals surface area contributed by atoms with E-state index in [-0.39, 0.29) is 0 Å². The molecule has 1 N–H and O–H groups in total. The van der Waals surface area contributed by atoms with E-state index in [0.717, 1.165) is 6.42 Å². The Morgan fingerprint density at radius 1 is 1.45 bits per heavy atom. The predicted octanol–water partition coefficient (Wildman–Crippen LogP) is 1.33. The van der Waals surface area contributed by atoms with Crippen LogP contribution in [0.5, 0.6) is 0 Å². The maximum absolute atomic E-state index is 11.6. The van der Waals surface area contributed by atoms with E-state index in [9.17, 15) is 13.2 Å². The van der Waals surface area contributed by atoms with Gasteiger partial charge in [0.05, 0.1) is 5.84 Å². The van der Waals surface area contributed by atoms with Crippen molar-refractivity contribution >= 4 is 5.84 Å². The first-order valence-corrected chi connectivity index (χ1v) is 3.42. The second-order valence-electron chi connectivity index (χ2n) is 2.40. The summed E-state index contributed by atoms with van der Waals surface area (Å²) in [4.78, 5) is 3.84. The van der Waals surface area contributed by atoms with Gasteiger partial charge in [0.2, 0.25) is 0 Å². The van der Waals surface area contributed by atoms with Crippen LogP contribution in [-0.2, 0) is 0 Å². The summed E-state index contributed by atoms with van der Waals surface area (Å²) in [7, 11) is 0. The van der Waals surface area contributed by atoms with E-state index in [4.69, 9.17) is 0 Å². The van der Waals surface area contributed by atoms with Crippen molar-refractivity contribution in [2.45, 2.75) is 19.0 Å². The van der Waals surface area contributed by atoms with Crippen LogP contribution in [0, 0.1) is 0 Å². The van der Waals surface area contributed by atoms with Gasteiger partial charge in [-0.2, -0.15) is 13.2 Å². The lowest BCUT2D eigenvalue weighted by atomic mass is 10.3. The molecule has 1 heterocycles. The number of hydrogen-bond donors (Lipinski definition) is 1. The van der Waals surface area contributed by atoms with E-state index >= 15 is 0 Å². The molecule has 5 heteroatoms. The first-order chi connectivity index (χ1) is 5.08. The van der Waals surface area contributed by atoms with Crippen LogP contribution >= 0.6 is 0 Å². The molecule has 0 radical (unpaired) electrons. The van der Waals surface area contributed by atoms with E-state index in [2.05, 4.69) is 10.3 Å². The highest BCUT2D eigenvalue weighted by Gasteiger charge is 2.27. The Kier molecular flexibility index (Phi) is 2.36. The normalized spacial score (nSPS) is 18.3. The molecule has 2 nitrogen and oxygen atoms in total. The van der Waals surface area contributed by atoms with E-state index in [1.54, 1.807) is 0 Å². The molecular formula is C6H9F3N2. The van der Waals surface area contributed by atoms with Gasteiger partial charge < -0.3 is 5.32 Å². The highest BCUT2D eigenvalue weighted by atomic mass is 19.4. The third-order valence-electron chi connectivity index (χ3n) is 1.37. The van der Waals surface area contributed by atoms with Gasteiger partial charge in [-0.25, -0.2) is 0 Å². The molecule has 64 valence electrons. The van der Waals surface area contributed by atoms with Gasteiger partial charge in [-0.1, -0.05) is 0 Å². The molecule has 0 aromatic heterocycles. The van der Waals surface area contributed by atoms with Crippen LogP contribution in [0.3, 0.4) is 0 Å². The molecular weight excluding hydrogens is 157 g/mol. The largest absolute Gasteiger partial charge is 0.405 e.